The van der Waals surface area contributed by atoms with Gasteiger partial charge in [-0.1, -0.05) is 18.2 Å². The van der Waals surface area contributed by atoms with E-state index >= 15 is 0 Å². The minimum Gasteiger partial charge on any atom is -0.293 e. The molecule has 0 atom stereocenters. The fraction of sp³-hybridized carbons (Fsp3) is 0.0714. The van der Waals surface area contributed by atoms with Crippen LogP contribution in [-0.4, -0.2) is 14.5 Å². The Kier molecular flexibility index (Phi) is 2.61. The van der Waals surface area contributed by atoms with Gasteiger partial charge in [0.05, 0.1) is 29.5 Å². The van der Waals surface area contributed by atoms with Gasteiger partial charge in [-0.25, -0.2) is 4.98 Å². The summed E-state index contributed by atoms with van der Waals surface area (Å²) in [5, 5.41) is 0.635. The lowest BCUT2D eigenvalue weighted by molar-refractivity contribution is 0.730. The van der Waals surface area contributed by atoms with E-state index in [9.17, 15) is 4.79 Å². The number of fused-ring (bicyclic) bond motifs is 1. The van der Waals surface area contributed by atoms with Crippen LogP contribution in [0.1, 0.15) is 5.69 Å². The Labute approximate surface area is 104 Å². The van der Waals surface area contributed by atoms with Crippen molar-refractivity contribution in [2.75, 3.05) is 0 Å². The van der Waals surface area contributed by atoms with Gasteiger partial charge >= 0.3 is 0 Å². The smallest absolute Gasteiger partial charge is 0.261 e. The standard InChI is InChI=1S/C14H11N3O/c18-14-12-6-1-2-7-13(12)16-10-17(14)9-11-5-3-4-8-15-11/h1-8,10H,9H2. The fourth-order valence-electron chi connectivity index (χ4n) is 1.88. The van der Waals surface area contributed by atoms with Crippen LogP contribution in [0.15, 0.2) is 59.8 Å². The number of rotatable bonds is 2. The molecule has 0 aliphatic carbocycles. The zero-order valence-electron chi connectivity index (χ0n) is 9.65. The van der Waals surface area contributed by atoms with Gasteiger partial charge in [0.1, 0.15) is 0 Å². The molecule has 0 aliphatic rings. The highest BCUT2D eigenvalue weighted by molar-refractivity contribution is 5.76. The lowest BCUT2D eigenvalue weighted by Gasteiger charge is -2.05. The molecular formula is C14H11N3O. The van der Waals surface area contributed by atoms with Crippen molar-refractivity contribution < 1.29 is 0 Å². The maximum Gasteiger partial charge on any atom is 0.261 e. The zero-order valence-corrected chi connectivity index (χ0v) is 9.65. The summed E-state index contributed by atoms with van der Waals surface area (Å²) in [4.78, 5) is 20.7. The van der Waals surface area contributed by atoms with E-state index in [0.29, 0.717) is 11.9 Å². The highest BCUT2D eigenvalue weighted by Crippen LogP contribution is 2.05. The minimum atomic E-state index is -0.0359. The zero-order chi connectivity index (χ0) is 12.4. The molecule has 0 saturated heterocycles. The van der Waals surface area contributed by atoms with E-state index in [1.54, 1.807) is 23.2 Å². The third kappa shape index (κ3) is 1.88. The van der Waals surface area contributed by atoms with Crippen LogP contribution in [0.5, 0.6) is 0 Å². The van der Waals surface area contributed by atoms with Crippen molar-refractivity contribution in [1.82, 2.24) is 14.5 Å². The molecule has 18 heavy (non-hydrogen) atoms. The van der Waals surface area contributed by atoms with Crippen molar-refractivity contribution >= 4 is 10.9 Å². The molecule has 4 nitrogen and oxygen atoms in total. The first-order chi connectivity index (χ1) is 8.84. The van der Waals surface area contributed by atoms with E-state index in [4.69, 9.17) is 0 Å². The summed E-state index contributed by atoms with van der Waals surface area (Å²) in [7, 11) is 0. The van der Waals surface area contributed by atoms with Crippen LogP contribution in [0.4, 0.5) is 0 Å². The lowest BCUT2D eigenvalue weighted by Crippen LogP contribution is -2.21. The number of pyridine rings is 1. The average Bonchev–Trinajstić information content (AvgIpc) is 2.43. The molecule has 3 aromatic rings. The van der Waals surface area contributed by atoms with Crippen LogP contribution < -0.4 is 5.56 Å². The molecule has 1 aromatic carbocycles. The molecule has 2 aromatic heterocycles. The van der Waals surface area contributed by atoms with Gasteiger partial charge in [-0.15, -0.1) is 0 Å². The summed E-state index contributed by atoms with van der Waals surface area (Å²) in [5.41, 5.74) is 1.53. The highest BCUT2D eigenvalue weighted by atomic mass is 16.1. The van der Waals surface area contributed by atoms with Gasteiger partial charge in [-0.05, 0) is 24.3 Å². The predicted octanol–water partition coefficient (Wildman–Crippen LogP) is 1.84. The Balaban J connectivity index is 2.08. The van der Waals surface area contributed by atoms with Crippen molar-refractivity contribution in [1.29, 1.82) is 0 Å². The Morgan fingerprint density at radius 3 is 2.67 bits per heavy atom. The SMILES string of the molecule is O=c1c2ccccc2ncn1Cc1ccccn1. The number of benzene rings is 1. The third-order valence-electron chi connectivity index (χ3n) is 2.79. The number of aromatic nitrogens is 3. The van der Waals surface area contributed by atoms with Crippen LogP contribution in [-0.2, 0) is 6.54 Å². The maximum absolute atomic E-state index is 12.2. The van der Waals surface area contributed by atoms with E-state index in [-0.39, 0.29) is 5.56 Å². The largest absolute Gasteiger partial charge is 0.293 e. The molecule has 0 saturated carbocycles. The van der Waals surface area contributed by atoms with Gasteiger partial charge in [0.15, 0.2) is 0 Å². The van der Waals surface area contributed by atoms with Gasteiger partial charge in [-0.3, -0.25) is 14.3 Å². The molecule has 4 heteroatoms. The fourth-order valence-corrected chi connectivity index (χ4v) is 1.88. The predicted molar refractivity (Wildman–Crippen MR) is 69.3 cm³/mol. The first-order valence-electron chi connectivity index (χ1n) is 5.69. The molecule has 0 N–H and O–H groups in total. The molecule has 88 valence electrons. The van der Waals surface area contributed by atoms with Crippen LogP contribution in [0, 0.1) is 0 Å². The number of nitrogens with zero attached hydrogens (tertiary/aromatic N) is 3. The number of hydrogen-bond donors (Lipinski definition) is 0. The van der Waals surface area contributed by atoms with Gasteiger partial charge in [0.2, 0.25) is 0 Å². The average molecular weight is 237 g/mol. The molecule has 0 radical (unpaired) electrons. The number of para-hydroxylation sites is 1. The third-order valence-corrected chi connectivity index (χ3v) is 2.79. The molecule has 2 heterocycles. The molecule has 0 amide bonds. The Hall–Kier alpha value is -2.49. The summed E-state index contributed by atoms with van der Waals surface area (Å²) in [6, 6.07) is 13.0. The van der Waals surface area contributed by atoms with Crippen LogP contribution in [0.3, 0.4) is 0 Å². The summed E-state index contributed by atoms with van der Waals surface area (Å²) < 4.78 is 1.57. The van der Waals surface area contributed by atoms with E-state index in [1.165, 1.54) is 0 Å². The lowest BCUT2D eigenvalue weighted by atomic mass is 10.2. The van der Waals surface area contributed by atoms with Crippen molar-refractivity contribution in [3.8, 4) is 0 Å². The van der Waals surface area contributed by atoms with E-state index in [0.717, 1.165) is 11.2 Å². The van der Waals surface area contributed by atoms with Crippen LogP contribution in [0.2, 0.25) is 0 Å². The molecule has 0 fully saturated rings. The van der Waals surface area contributed by atoms with Crippen molar-refractivity contribution in [2.24, 2.45) is 0 Å². The molecule has 0 unspecified atom stereocenters. The molecule has 0 bridgehead atoms. The van der Waals surface area contributed by atoms with E-state index < -0.39 is 0 Å². The van der Waals surface area contributed by atoms with E-state index in [1.807, 2.05) is 36.4 Å². The quantitative estimate of drug-likeness (QED) is 0.683. The second kappa shape index (κ2) is 4.41. The summed E-state index contributed by atoms with van der Waals surface area (Å²) in [6.07, 6.45) is 3.29. The van der Waals surface area contributed by atoms with Gasteiger partial charge in [0, 0.05) is 6.20 Å². The maximum atomic E-state index is 12.2. The Morgan fingerprint density at radius 1 is 1.00 bits per heavy atom. The summed E-state index contributed by atoms with van der Waals surface area (Å²) in [5.74, 6) is 0. The van der Waals surface area contributed by atoms with Gasteiger partial charge in [0.25, 0.3) is 5.56 Å². The number of hydrogen-bond acceptors (Lipinski definition) is 3. The first kappa shape index (κ1) is 10.7. The second-order valence-electron chi connectivity index (χ2n) is 4.02. The van der Waals surface area contributed by atoms with Crippen LogP contribution in [0.25, 0.3) is 10.9 Å². The Bertz CT molecular complexity index is 735. The van der Waals surface area contributed by atoms with Crippen molar-refractivity contribution in [3.63, 3.8) is 0 Å². The van der Waals surface area contributed by atoms with Crippen molar-refractivity contribution in [3.05, 3.63) is 71.0 Å². The molecule has 0 aliphatic heterocycles. The van der Waals surface area contributed by atoms with Gasteiger partial charge in [-0.2, -0.15) is 0 Å². The highest BCUT2D eigenvalue weighted by Gasteiger charge is 2.03. The summed E-state index contributed by atoms with van der Waals surface area (Å²) >= 11 is 0. The van der Waals surface area contributed by atoms with Crippen molar-refractivity contribution in [2.45, 2.75) is 6.54 Å². The van der Waals surface area contributed by atoms with Gasteiger partial charge < -0.3 is 0 Å². The first-order valence-corrected chi connectivity index (χ1v) is 5.69. The Morgan fingerprint density at radius 2 is 1.83 bits per heavy atom. The topological polar surface area (TPSA) is 47.8 Å². The minimum absolute atomic E-state index is 0.0359. The normalized spacial score (nSPS) is 10.7. The second-order valence-corrected chi connectivity index (χ2v) is 4.02. The van der Waals surface area contributed by atoms with E-state index in [2.05, 4.69) is 9.97 Å². The van der Waals surface area contributed by atoms with Crippen LogP contribution >= 0.6 is 0 Å². The molecule has 3 rings (SSSR count). The summed E-state index contributed by atoms with van der Waals surface area (Å²) in [6.45, 7) is 0.442. The molecular weight excluding hydrogens is 226 g/mol. The monoisotopic (exact) mass is 237 g/mol. The molecule has 0 spiro atoms.